The predicted molar refractivity (Wildman–Crippen MR) is 134 cm³/mol. The number of amides is 2. The van der Waals surface area contributed by atoms with E-state index in [1.807, 2.05) is 72.5 Å². The maximum atomic E-state index is 13.3. The molecule has 2 heterocycles. The first-order chi connectivity index (χ1) is 16.1. The zero-order valence-corrected chi connectivity index (χ0v) is 20.3. The molecule has 0 bridgehead atoms. The second-order valence-corrected chi connectivity index (χ2v) is 9.97. The first kappa shape index (κ1) is 23.8. The fourth-order valence-electron chi connectivity index (χ4n) is 4.93. The van der Waals surface area contributed by atoms with Crippen molar-refractivity contribution in [1.82, 2.24) is 14.8 Å². The van der Waals surface area contributed by atoms with Crippen molar-refractivity contribution in [3.8, 4) is 11.1 Å². The van der Waals surface area contributed by atoms with E-state index in [1.165, 1.54) is 0 Å². The standard InChI is InChI=1S/C28H33N3O3/c1-20(21-10-12-22(13-11-21)23-14-16-30(4)25(32)18-23)31-17-15-28(29-26(31)33,19-27(2,3)34)24-8-6-5-7-9-24/h5-14,16,18,20,34H,15,17,19H2,1-4H3,(H,29,33)/t20-,28-/m0/s1. The molecule has 0 saturated carbocycles. The monoisotopic (exact) mass is 459 g/mol. The van der Waals surface area contributed by atoms with Crippen molar-refractivity contribution in [2.75, 3.05) is 6.54 Å². The number of carbonyl (C=O) groups excluding carboxylic acids is 1. The van der Waals surface area contributed by atoms with Gasteiger partial charge in [-0.25, -0.2) is 4.79 Å². The summed E-state index contributed by atoms with van der Waals surface area (Å²) in [6, 6.07) is 21.2. The van der Waals surface area contributed by atoms with Gasteiger partial charge in [0.15, 0.2) is 0 Å². The minimum atomic E-state index is -0.925. The fourth-order valence-corrected chi connectivity index (χ4v) is 4.93. The Morgan fingerprint density at radius 3 is 2.29 bits per heavy atom. The SMILES string of the molecule is C[C@@H](c1ccc(-c2ccn(C)c(=O)c2)cc1)N1CC[C@](CC(C)(C)O)(c2ccccc2)NC1=O. The van der Waals surface area contributed by atoms with Gasteiger partial charge >= 0.3 is 6.03 Å². The molecule has 2 atom stereocenters. The van der Waals surface area contributed by atoms with Crippen LogP contribution in [0.15, 0.2) is 77.7 Å². The van der Waals surface area contributed by atoms with E-state index in [9.17, 15) is 14.7 Å². The summed E-state index contributed by atoms with van der Waals surface area (Å²) in [5.74, 6) is 0. The average Bonchev–Trinajstić information content (AvgIpc) is 2.80. The molecular formula is C28H33N3O3. The van der Waals surface area contributed by atoms with Crippen molar-refractivity contribution in [2.24, 2.45) is 7.05 Å². The van der Waals surface area contributed by atoms with Crippen LogP contribution in [0.1, 0.15) is 50.8 Å². The molecule has 2 amide bonds. The normalized spacial score (nSPS) is 19.6. The number of rotatable bonds is 6. The van der Waals surface area contributed by atoms with E-state index in [4.69, 9.17) is 0 Å². The maximum absolute atomic E-state index is 13.3. The van der Waals surface area contributed by atoms with Crippen LogP contribution >= 0.6 is 0 Å². The van der Waals surface area contributed by atoms with Crippen LogP contribution in [-0.4, -0.2) is 32.8 Å². The van der Waals surface area contributed by atoms with Crippen LogP contribution < -0.4 is 10.9 Å². The Labute approximate surface area is 200 Å². The zero-order chi connectivity index (χ0) is 24.5. The third kappa shape index (κ3) is 4.92. The molecule has 34 heavy (non-hydrogen) atoms. The smallest absolute Gasteiger partial charge is 0.318 e. The molecule has 0 unspecified atom stereocenters. The van der Waals surface area contributed by atoms with E-state index in [-0.39, 0.29) is 17.6 Å². The van der Waals surface area contributed by atoms with Gasteiger partial charge in [0, 0.05) is 32.3 Å². The summed E-state index contributed by atoms with van der Waals surface area (Å²) in [5, 5.41) is 13.8. The lowest BCUT2D eigenvalue weighted by atomic mass is 9.77. The Hall–Kier alpha value is -3.38. The predicted octanol–water partition coefficient (Wildman–Crippen LogP) is 4.59. The van der Waals surface area contributed by atoms with E-state index < -0.39 is 11.1 Å². The van der Waals surface area contributed by atoms with E-state index in [2.05, 4.69) is 5.32 Å². The summed E-state index contributed by atoms with van der Waals surface area (Å²) < 4.78 is 1.54. The summed E-state index contributed by atoms with van der Waals surface area (Å²) in [6.07, 6.45) is 2.89. The van der Waals surface area contributed by atoms with Gasteiger partial charge in [-0.15, -0.1) is 0 Å². The van der Waals surface area contributed by atoms with Crippen molar-refractivity contribution >= 4 is 6.03 Å². The van der Waals surface area contributed by atoms with Gasteiger partial charge < -0.3 is 19.9 Å². The first-order valence-corrected chi connectivity index (χ1v) is 11.7. The van der Waals surface area contributed by atoms with Crippen molar-refractivity contribution in [1.29, 1.82) is 0 Å². The third-order valence-corrected chi connectivity index (χ3v) is 6.75. The fraction of sp³-hybridized carbons (Fsp3) is 0.357. The number of aromatic nitrogens is 1. The molecule has 6 heteroatoms. The van der Waals surface area contributed by atoms with Crippen LogP contribution in [0.2, 0.25) is 0 Å². The highest BCUT2D eigenvalue weighted by atomic mass is 16.3. The number of hydrogen-bond acceptors (Lipinski definition) is 3. The summed E-state index contributed by atoms with van der Waals surface area (Å²) in [6.45, 7) is 6.17. The Kier molecular flexibility index (Phi) is 6.36. The Bertz CT molecular complexity index is 1210. The van der Waals surface area contributed by atoms with Crippen molar-refractivity contribution in [3.63, 3.8) is 0 Å². The van der Waals surface area contributed by atoms with E-state index >= 15 is 0 Å². The van der Waals surface area contributed by atoms with Gasteiger partial charge in [-0.1, -0.05) is 54.6 Å². The molecule has 2 aromatic carbocycles. The highest BCUT2D eigenvalue weighted by molar-refractivity contribution is 5.77. The van der Waals surface area contributed by atoms with E-state index in [0.717, 1.165) is 22.3 Å². The Balaban J connectivity index is 1.54. The minimum Gasteiger partial charge on any atom is -0.390 e. The number of urea groups is 1. The highest BCUT2D eigenvalue weighted by Crippen LogP contribution is 2.38. The molecule has 0 aliphatic carbocycles. The molecule has 1 fully saturated rings. The molecule has 0 spiro atoms. The molecule has 1 aliphatic heterocycles. The zero-order valence-electron chi connectivity index (χ0n) is 20.3. The largest absolute Gasteiger partial charge is 0.390 e. The van der Waals surface area contributed by atoms with Crippen LogP contribution in [0.4, 0.5) is 4.79 Å². The second-order valence-electron chi connectivity index (χ2n) is 9.97. The van der Waals surface area contributed by atoms with Gasteiger partial charge in [-0.2, -0.15) is 0 Å². The van der Waals surface area contributed by atoms with Gasteiger partial charge in [0.1, 0.15) is 0 Å². The van der Waals surface area contributed by atoms with E-state index in [1.54, 1.807) is 37.7 Å². The van der Waals surface area contributed by atoms with Crippen LogP contribution in [-0.2, 0) is 12.6 Å². The summed E-state index contributed by atoms with van der Waals surface area (Å²) in [5.41, 5.74) is 2.28. The maximum Gasteiger partial charge on any atom is 0.318 e. The number of pyridine rings is 1. The number of nitrogens with one attached hydrogen (secondary N) is 1. The van der Waals surface area contributed by atoms with E-state index in [0.29, 0.717) is 19.4 Å². The molecule has 0 radical (unpaired) electrons. The topological polar surface area (TPSA) is 74.6 Å². The van der Waals surface area contributed by atoms with Gasteiger partial charge in [0.2, 0.25) is 0 Å². The van der Waals surface area contributed by atoms with Crippen LogP contribution in [0, 0.1) is 0 Å². The molecular weight excluding hydrogens is 426 g/mol. The van der Waals surface area contributed by atoms with Crippen LogP contribution in [0.5, 0.6) is 0 Å². The second kappa shape index (κ2) is 9.11. The number of aliphatic hydroxyl groups is 1. The van der Waals surface area contributed by atoms with Crippen molar-refractivity contribution < 1.29 is 9.90 Å². The quantitative estimate of drug-likeness (QED) is 0.566. The first-order valence-electron chi connectivity index (χ1n) is 11.7. The lowest BCUT2D eigenvalue weighted by Gasteiger charge is -2.47. The number of hydrogen-bond donors (Lipinski definition) is 2. The summed E-state index contributed by atoms with van der Waals surface area (Å²) in [7, 11) is 1.73. The Morgan fingerprint density at radius 1 is 1.03 bits per heavy atom. The molecule has 6 nitrogen and oxygen atoms in total. The Morgan fingerprint density at radius 2 is 1.71 bits per heavy atom. The van der Waals surface area contributed by atoms with Gasteiger partial charge in [-0.3, -0.25) is 4.79 Å². The third-order valence-electron chi connectivity index (χ3n) is 6.75. The number of benzene rings is 2. The van der Waals surface area contributed by atoms with Crippen LogP contribution in [0.25, 0.3) is 11.1 Å². The van der Waals surface area contributed by atoms with Gasteiger partial charge in [0.05, 0.1) is 17.2 Å². The molecule has 1 aromatic heterocycles. The van der Waals surface area contributed by atoms with Crippen LogP contribution in [0.3, 0.4) is 0 Å². The highest BCUT2D eigenvalue weighted by Gasteiger charge is 2.43. The average molecular weight is 460 g/mol. The molecule has 1 saturated heterocycles. The lowest BCUT2D eigenvalue weighted by molar-refractivity contribution is 0.0221. The molecule has 2 N–H and O–H groups in total. The molecule has 4 rings (SSSR count). The van der Waals surface area contributed by atoms with Crippen molar-refractivity contribution in [2.45, 2.75) is 50.8 Å². The van der Waals surface area contributed by atoms with Gasteiger partial charge in [0.25, 0.3) is 5.56 Å². The molecule has 3 aromatic rings. The minimum absolute atomic E-state index is 0.0483. The molecule has 178 valence electrons. The number of aryl methyl sites for hydroxylation is 1. The lowest BCUT2D eigenvalue weighted by Crippen LogP contribution is -2.60. The molecule has 1 aliphatic rings. The van der Waals surface area contributed by atoms with Crippen molar-refractivity contribution in [3.05, 3.63) is 94.4 Å². The number of carbonyl (C=O) groups is 1. The summed E-state index contributed by atoms with van der Waals surface area (Å²) >= 11 is 0. The summed E-state index contributed by atoms with van der Waals surface area (Å²) in [4.78, 5) is 27.2. The number of nitrogens with zero attached hydrogens (tertiary/aromatic N) is 2. The van der Waals surface area contributed by atoms with Gasteiger partial charge in [-0.05, 0) is 55.5 Å².